The van der Waals surface area contributed by atoms with Crippen LogP contribution in [0.25, 0.3) is 0 Å². The molecular formula is C15H25NO3. The van der Waals surface area contributed by atoms with E-state index in [1.54, 1.807) is 0 Å². The van der Waals surface area contributed by atoms with Crippen molar-refractivity contribution in [1.82, 2.24) is 5.32 Å². The van der Waals surface area contributed by atoms with Gasteiger partial charge in [0.05, 0.1) is 11.5 Å². The number of hydrogen-bond donors (Lipinski definition) is 2. The van der Waals surface area contributed by atoms with Gasteiger partial charge in [0.15, 0.2) is 0 Å². The molecule has 19 heavy (non-hydrogen) atoms. The molecule has 0 aromatic carbocycles. The van der Waals surface area contributed by atoms with Gasteiger partial charge >= 0.3 is 5.97 Å². The second-order valence-electron chi connectivity index (χ2n) is 6.81. The Hall–Kier alpha value is -1.06. The van der Waals surface area contributed by atoms with E-state index in [0.717, 1.165) is 32.1 Å². The number of rotatable bonds is 4. The lowest BCUT2D eigenvalue weighted by Gasteiger charge is -2.40. The van der Waals surface area contributed by atoms with Gasteiger partial charge < -0.3 is 10.4 Å². The van der Waals surface area contributed by atoms with Crippen molar-refractivity contribution in [2.24, 2.45) is 17.3 Å². The first kappa shape index (κ1) is 14.4. The molecule has 4 unspecified atom stereocenters. The summed E-state index contributed by atoms with van der Waals surface area (Å²) in [6, 6.07) is 0. The highest BCUT2D eigenvalue weighted by Crippen LogP contribution is 2.55. The number of hydrogen-bond acceptors (Lipinski definition) is 2. The van der Waals surface area contributed by atoms with Gasteiger partial charge in [-0.15, -0.1) is 0 Å². The summed E-state index contributed by atoms with van der Waals surface area (Å²) < 4.78 is 0. The van der Waals surface area contributed by atoms with Crippen molar-refractivity contribution in [3.8, 4) is 0 Å². The number of carboxylic acids is 1. The van der Waals surface area contributed by atoms with Gasteiger partial charge in [0.25, 0.3) is 0 Å². The van der Waals surface area contributed by atoms with Gasteiger partial charge in [0.2, 0.25) is 5.91 Å². The van der Waals surface area contributed by atoms with Crippen molar-refractivity contribution in [2.45, 2.75) is 64.8 Å². The lowest BCUT2D eigenvalue weighted by atomic mass is 9.73. The molecule has 4 heteroatoms. The third-order valence-corrected chi connectivity index (χ3v) is 5.39. The van der Waals surface area contributed by atoms with E-state index in [2.05, 4.69) is 19.2 Å². The zero-order valence-corrected chi connectivity index (χ0v) is 12.2. The zero-order valence-electron chi connectivity index (χ0n) is 12.2. The lowest BCUT2D eigenvalue weighted by Crippen LogP contribution is -2.56. The van der Waals surface area contributed by atoms with Gasteiger partial charge in [-0.25, -0.2) is 0 Å². The van der Waals surface area contributed by atoms with E-state index in [0.29, 0.717) is 6.42 Å². The molecule has 0 radical (unpaired) electrons. The van der Waals surface area contributed by atoms with Crippen LogP contribution in [-0.4, -0.2) is 22.5 Å². The number of carboxylic acid groups (broad SMARTS) is 1. The summed E-state index contributed by atoms with van der Waals surface area (Å²) in [6.07, 6.45) is 5.31. The number of carbonyl (C=O) groups excluding carboxylic acids is 1. The van der Waals surface area contributed by atoms with Gasteiger partial charge in [-0.05, 0) is 38.0 Å². The number of carbonyl (C=O) groups is 2. The van der Waals surface area contributed by atoms with E-state index in [1.165, 1.54) is 0 Å². The van der Waals surface area contributed by atoms with Crippen molar-refractivity contribution in [3.05, 3.63) is 0 Å². The molecule has 0 bridgehead atoms. The molecule has 2 N–H and O–H groups in total. The second-order valence-corrected chi connectivity index (χ2v) is 6.81. The van der Waals surface area contributed by atoms with Gasteiger partial charge in [-0.2, -0.15) is 0 Å². The smallest absolute Gasteiger partial charge is 0.308 e. The van der Waals surface area contributed by atoms with Crippen LogP contribution in [0.3, 0.4) is 0 Å². The first-order valence-corrected chi connectivity index (χ1v) is 7.37. The maximum atomic E-state index is 12.3. The molecule has 0 spiro atoms. The molecule has 2 aliphatic rings. The fourth-order valence-electron chi connectivity index (χ4n) is 3.45. The molecule has 0 aromatic rings. The molecule has 0 aliphatic heterocycles. The van der Waals surface area contributed by atoms with Crippen molar-refractivity contribution >= 4 is 11.9 Å². The van der Waals surface area contributed by atoms with E-state index in [1.807, 2.05) is 6.92 Å². The van der Waals surface area contributed by atoms with Crippen LogP contribution in [-0.2, 0) is 9.59 Å². The summed E-state index contributed by atoms with van der Waals surface area (Å²) in [7, 11) is 0. The first-order chi connectivity index (χ1) is 8.82. The van der Waals surface area contributed by atoms with Crippen LogP contribution in [0.5, 0.6) is 0 Å². The molecule has 4 atom stereocenters. The largest absolute Gasteiger partial charge is 0.481 e. The van der Waals surface area contributed by atoms with Gasteiger partial charge in [0.1, 0.15) is 0 Å². The summed E-state index contributed by atoms with van der Waals surface area (Å²) in [6.45, 7) is 6.14. The predicted octanol–water partition coefficient (Wildman–Crippen LogP) is 2.57. The Labute approximate surface area is 115 Å². The first-order valence-electron chi connectivity index (χ1n) is 7.37. The standard InChI is InChI=1S/C15H25NO3/c1-4-14(2)9-11(14)12(17)16-15(3)8-6-5-7-10(15)13(18)19/h10-11H,4-9H2,1-3H3,(H,16,17)(H,18,19). The Morgan fingerprint density at radius 3 is 2.47 bits per heavy atom. The van der Waals surface area contributed by atoms with E-state index in [9.17, 15) is 14.7 Å². The highest BCUT2D eigenvalue weighted by atomic mass is 16.4. The molecule has 2 rings (SSSR count). The molecule has 2 aliphatic carbocycles. The molecule has 1 amide bonds. The summed E-state index contributed by atoms with van der Waals surface area (Å²) in [5, 5.41) is 12.4. The average molecular weight is 267 g/mol. The zero-order chi connectivity index (χ0) is 14.3. The Morgan fingerprint density at radius 1 is 1.26 bits per heavy atom. The van der Waals surface area contributed by atoms with E-state index in [-0.39, 0.29) is 17.2 Å². The van der Waals surface area contributed by atoms with Crippen LogP contribution in [0.1, 0.15) is 59.3 Å². The molecule has 4 nitrogen and oxygen atoms in total. The molecule has 0 heterocycles. The molecule has 2 fully saturated rings. The summed E-state index contributed by atoms with van der Waals surface area (Å²) in [5.74, 6) is -1.10. The minimum atomic E-state index is -0.781. The Kier molecular flexibility index (Phi) is 3.63. The average Bonchev–Trinajstić information content (AvgIpc) is 3.02. The van der Waals surface area contributed by atoms with Crippen molar-refractivity contribution < 1.29 is 14.7 Å². The van der Waals surface area contributed by atoms with Gasteiger partial charge in [-0.3, -0.25) is 9.59 Å². The third kappa shape index (κ3) is 2.63. The summed E-state index contributed by atoms with van der Waals surface area (Å²) >= 11 is 0. The van der Waals surface area contributed by atoms with Crippen LogP contribution < -0.4 is 5.32 Å². The lowest BCUT2D eigenvalue weighted by molar-refractivity contribution is -0.146. The highest BCUT2D eigenvalue weighted by molar-refractivity contribution is 5.84. The number of nitrogens with one attached hydrogen (secondary N) is 1. The monoisotopic (exact) mass is 267 g/mol. The molecular weight excluding hydrogens is 242 g/mol. The van der Waals surface area contributed by atoms with Crippen molar-refractivity contribution in [2.75, 3.05) is 0 Å². The topological polar surface area (TPSA) is 66.4 Å². The van der Waals surface area contributed by atoms with Crippen LogP contribution in [0.2, 0.25) is 0 Å². The second kappa shape index (κ2) is 4.80. The van der Waals surface area contributed by atoms with Crippen LogP contribution in [0.4, 0.5) is 0 Å². The van der Waals surface area contributed by atoms with Crippen molar-refractivity contribution in [3.63, 3.8) is 0 Å². The SMILES string of the molecule is CCC1(C)CC1C(=O)NC1(C)CCCCC1C(=O)O. The third-order valence-electron chi connectivity index (χ3n) is 5.39. The Balaban J connectivity index is 2.04. The summed E-state index contributed by atoms with van der Waals surface area (Å²) in [4.78, 5) is 23.7. The molecule has 2 saturated carbocycles. The Morgan fingerprint density at radius 2 is 1.95 bits per heavy atom. The summed E-state index contributed by atoms with van der Waals surface area (Å²) in [5.41, 5.74) is -0.438. The fourth-order valence-corrected chi connectivity index (χ4v) is 3.45. The van der Waals surface area contributed by atoms with E-state index < -0.39 is 17.4 Å². The quantitative estimate of drug-likeness (QED) is 0.822. The number of amides is 1. The normalized spacial score (nSPS) is 41.6. The van der Waals surface area contributed by atoms with E-state index in [4.69, 9.17) is 0 Å². The van der Waals surface area contributed by atoms with Crippen LogP contribution >= 0.6 is 0 Å². The maximum absolute atomic E-state index is 12.3. The minimum absolute atomic E-state index is 0.0556. The predicted molar refractivity (Wildman–Crippen MR) is 72.6 cm³/mol. The van der Waals surface area contributed by atoms with Crippen LogP contribution in [0, 0.1) is 17.3 Å². The minimum Gasteiger partial charge on any atom is -0.481 e. The van der Waals surface area contributed by atoms with E-state index >= 15 is 0 Å². The van der Waals surface area contributed by atoms with Crippen LogP contribution in [0.15, 0.2) is 0 Å². The maximum Gasteiger partial charge on any atom is 0.308 e. The van der Waals surface area contributed by atoms with Gasteiger partial charge in [-0.1, -0.05) is 26.7 Å². The van der Waals surface area contributed by atoms with Crippen molar-refractivity contribution in [1.29, 1.82) is 0 Å². The highest BCUT2D eigenvalue weighted by Gasteiger charge is 2.54. The molecule has 0 saturated heterocycles. The fraction of sp³-hybridized carbons (Fsp3) is 0.867. The molecule has 108 valence electrons. The molecule has 0 aromatic heterocycles. The Bertz CT molecular complexity index is 395. The number of aliphatic carboxylic acids is 1. The van der Waals surface area contributed by atoms with Gasteiger partial charge in [0, 0.05) is 5.92 Å².